The number of hydrogen-bond acceptors (Lipinski definition) is 5. The molecule has 0 unspecified atom stereocenters. The van der Waals surface area contributed by atoms with Crippen molar-refractivity contribution in [1.29, 1.82) is 0 Å². The van der Waals surface area contributed by atoms with E-state index in [-0.39, 0.29) is 23.7 Å². The number of nitrogens with one attached hydrogen (secondary N) is 1. The highest BCUT2D eigenvalue weighted by Crippen LogP contribution is 2.25. The summed E-state index contributed by atoms with van der Waals surface area (Å²) in [7, 11) is 1.34. The SMILES string of the molecule is COC(=O)CCCNC(=O)c1ccc(-c2cc(=O)c3cc(C)cc(C)c3o2)cc1. The highest BCUT2D eigenvalue weighted by Gasteiger charge is 2.11. The molecular weight excluding hydrogens is 370 g/mol. The molecule has 0 saturated carbocycles. The predicted octanol–water partition coefficient (Wildman–Crippen LogP) is 3.76. The zero-order valence-electron chi connectivity index (χ0n) is 16.7. The average molecular weight is 393 g/mol. The Morgan fingerprint density at radius 1 is 1.07 bits per heavy atom. The second-order valence-corrected chi connectivity index (χ2v) is 6.95. The van der Waals surface area contributed by atoms with Crippen LogP contribution in [0.2, 0.25) is 0 Å². The number of rotatable bonds is 6. The lowest BCUT2D eigenvalue weighted by Gasteiger charge is -2.08. The van der Waals surface area contributed by atoms with E-state index in [0.717, 1.165) is 11.1 Å². The van der Waals surface area contributed by atoms with E-state index in [1.807, 2.05) is 26.0 Å². The minimum atomic E-state index is -0.300. The molecule has 150 valence electrons. The van der Waals surface area contributed by atoms with E-state index in [2.05, 4.69) is 10.1 Å². The Bertz CT molecular complexity index is 1110. The van der Waals surface area contributed by atoms with Crippen molar-refractivity contribution in [2.45, 2.75) is 26.7 Å². The number of carbonyl (C=O) groups excluding carboxylic acids is 2. The second kappa shape index (κ2) is 8.73. The van der Waals surface area contributed by atoms with Gasteiger partial charge in [-0.1, -0.05) is 18.2 Å². The van der Waals surface area contributed by atoms with Crippen LogP contribution in [0.15, 0.2) is 51.7 Å². The lowest BCUT2D eigenvalue weighted by molar-refractivity contribution is -0.140. The van der Waals surface area contributed by atoms with E-state index in [1.54, 1.807) is 24.3 Å². The fourth-order valence-electron chi connectivity index (χ4n) is 3.18. The Hall–Kier alpha value is -3.41. The van der Waals surface area contributed by atoms with Gasteiger partial charge in [-0.15, -0.1) is 0 Å². The molecule has 29 heavy (non-hydrogen) atoms. The molecule has 0 saturated heterocycles. The number of methoxy groups -OCH3 is 1. The molecule has 0 aliphatic carbocycles. The van der Waals surface area contributed by atoms with Gasteiger partial charge in [-0.25, -0.2) is 0 Å². The Morgan fingerprint density at radius 2 is 1.79 bits per heavy atom. The normalized spacial score (nSPS) is 10.7. The highest BCUT2D eigenvalue weighted by atomic mass is 16.5. The molecule has 0 atom stereocenters. The molecule has 6 heteroatoms. The van der Waals surface area contributed by atoms with Gasteiger partial charge in [0.25, 0.3) is 5.91 Å². The molecule has 1 heterocycles. The number of ether oxygens (including phenoxy) is 1. The summed E-state index contributed by atoms with van der Waals surface area (Å²) in [5.41, 5.74) is 3.60. The van der Waals surface area contributed by atoms with Crippen LogP contribution in [-0.4, -0.2) is 25.5 Å². The summed E-state index contributed by atoms with van der Waals surface area (Å²) in [6, 6.07) is 12.1. The third kappa shape index (κ3) is 4.71. The molecule has 3 rings (SSSR count). The van der Waals surface area contributed by atoms with Gasteiger partial charge in [0, 0.05) is 30.2 Å². The van der Waals surface area contributed by atoms with E-state index in [0.29, 0.717) is 40.8 Å². The zero-order chi connectivity index (χ0) is 21.0. The molecular formula is C23H23NO5. The van der Waals surface area contributed by atoms with Crippen molar-refractivity contribution in [2.75, 3.05) is 13.7 Å². The van der Waals surface area contributed by atoms with Crippen molar-refractivity contribution in [3.8, 4) is 11.3 Å². The van der Waals surface area contributed by atoms with E-state index < -0.39 is 0 Å². The van der Waals surface area contributed by atoms with E-state index in [9.17, 15) is 14.4 Å². The summed E-state index contributed by atoms with van der Waals surface area (Å²) in [5.74, 6) is -0.0712. The summed E-state index contributed by atoms with van der Waals surface area (Å²) in [6.45, 7) is 4.24. The van der Waals surface area contributed by atoms with E-state index in [1.165, 1.54) is 13.2 Å². The van der Waals surface area contributed by atoms with Gasteiger partial charge in [0.1, 0.15) is 11.3 Å². The van der Waals surface area contributed by atoms with Gasteiger partial charge in [0.2, 0.25) is 0 Å². The third-order valence-corrected chi connectivity index (χ3v) is 4.66. The quantitative estimate of drug-likeness (QED) is 0.509. The van der Waals surface area contributed by atoms with Crippen molar-refractivity contribution in [3.05, 3.63) is 69.4 Å². The Labute approximate surface area is 168 Å². The molecule has 0 aliphatic heterocycles. The first-order valence-corrected chi connectivity index (χ1v) is 9.39. The molecule has 1 amide bonds. The van der Waals surface area contributed by atoms with Crippen LogP contribution in [0, 0.1) is 13.8 Å². The smallest absolute Gasteiger partial charge is 0.305 e. The molecule has 2 aromatic carbocycles. The third-order valence-electron chi connectivity index (χ3n) is 4.66. The van der Waals surface area contributed by atoms with Crippen molar-refractivity contribution in [2.24, 2.45) is 0 Å². The minimum Gasteiger partial charge on any atom is -0.469 e. The number of benzene rings is 2. The zero-order valence-corrected chi connectivity index (χ0v) is 16.7. The molecule has 1 N–H and O–H groups in total. The van der Waals surface area contributed by atoms with Crippen LogP contribution in [-0.2, 0) is 9.53 Å². The monoisotopic (exact) mass is 393 g/mol. The lowest BCUT2D eigenvalue weighted by atomic mass is 10.1. The van der Waals surface area contributed by atoms with Gasteiger partial charge >= 0.3 is 5.97 Å². The number of hydrogen-bond donors (Lipinski definition) is 1. The van der Waals surface area contributed by atoms with E-state index in [4.69, 9.17) is 4.42 Å². The van der Waals surface area contributed by atoms with Crippen LogP contribution in [0.3, 0.4) is 0 Å². The first kappa shape index (κ1) is 20.3. The molecule has 0 fully saturated rings. The Morgan fingerprint density at radius 3 is 2.48 bits per heavy atom. The molecule has 1 aromatic heterocycles. The molecule has 6 nitrogen and oxygen atoms in total. The standard InChI is InChI=1S/C23H23NO5/c1-14-11-15(2)22-18(12-14)19(25)13-20(29-22)16-6-8-17(9-7-16)23(27)24-10-4-5-21(26)28-3/h6-9,11-13H,4-5,10H2,1-3H3,(H,24,27). The van der Waals surface area contributed by atoms with Crippen LogP contribution in [0.25, 0.3) is 22.3 Å². The van der Waals surface area contributed by atoms with Crippen molar-refractivity contribution < 1.29 is 18.7 Å². The highest BCUT2D eigenvalue weighted by molar-refractivity contribution is 5.94. The Kier molecular flexibility index (Phi) is 6.12. The number of aryl methyl sites for hydroxylation is 2. The van der Waals surface area contributed by atoms with Crippen LogP contribution in [0.4, 0.5) is 0 Å². The van der Waals surface area contributed by atoms with Crippen LogP contribution in [0.1, 0.15) is 34.3 Å². The topological polar surface area (TPSA) is 85.6 Å². The summed E-state index contributed by atoms with van der Waals surface area (Å²) in [6.07, 6.45) is 0.771. The molecule has 3 aromatic rings. The van der Waals surface area contributed by atoms with Gasteiger partial charge in [-0.3, -0.25) is 14.4 Å². The van der Waals surface area contributed by atoms with Gasteiger partial charge in [-0.05, 0) is 49.6 Å². The number of fused-ring (bicyclic) bond motifs is 1. The second-order valence-electron chi connectivity index (χ2n) is 6.95. The lowest BCUT2D eigenvalue weighted by Crippen LogP contribution is -2.24. The molecule has 0 aliphatic rings. The van der Waals surface area contributed by atoms with Crippen molar-refractivity contribution >= 4 is 22.8 Å². The van der Waals surface area contributed by atoms with Crippen LogP contribution < -0.4 is 10.7 Å². The summed E-state index contributed by atoms with van der Waals surface area (Å²) < 4.78 is 10.5. The minimum absolute atomic E-state index is 0.0968. The van der Waals surface area contributed by atoms with Gasteiger partial charge in [0.15, 0.2) is 5.43 Å². The maximum atomic E-state index is 12.5. The number of carbonyl (C=O) groups is 2. The Balaban J connectivity index is 1.75. The van der Waals surface area contributed by atoms with E-state index >= 15 is 0 Å². The predicted molar refractivity (Wildman–Crippen MR) is 111 cm³/mol. The van der Waals surface area contributed by atoms with Gasteiger partial charge in [0.05, 0.1) is 12.5 Å². The summed E-state index contributed by atoms with van der Waals surface area (Å²) in [4.78, 5) is 35.8. The number of amides is 1. The maximum absolute atomic E-state index is 12.5. The first-order chi connectivity index (χ1) is 13.9. The first-order valence-electron chi connectivity index (χ1n) is 9.39. The molecule has 0 spiro atoms. The molecule has 0 radical (unpaired) electrons. The van der Waals surface area contributed by atoms with Gasteiger partial charge < -0.3 is 14.5 Å². The summed E-state index contributed by atoms with van der Waals surface area (Å²) in [5, 5.41) is 3.33. The van der Waals surface area contributed by atoms with Crippen LogP contribution in [0.5, 0.6) is 0 Å². The number of esters is 1. The fraction of sp³-hybridized carbons (Fsp3) is 0.261. The van der Waals surface area contributed by atoms with Crippen molar-refractivity contribution in [1.82, 2.24) is 5.32 Å². The maximum Gasteiger partial charge on any atom is 0.305 e. The molecule has 0 bridgehead atoms. The van der Waals surface area contributed by atoms with Crippen LogP contribution >= 0.6 is 0 Å². The summed E-state index contributed by atoms with van der Waals surface area (Å²) >= 11 is 0. The average Bonchev–Trinajstić information content (AvgIpc) is 2.71. The fourth-order valence-corrected chi connectivity index (χ4v) is 3.18. The van der Waals surface area contributed by atoms with Gasteiger partial charge in [-0.2, -0.15) is 0 Å². The largest absolute Gasteiger partial charge is 0.469 e. The van der Waals surface area contributed by atoms with Crippen molar-refractivity contribution in [3.63, 3.8) is 0 Å².